The van der Waals surface area contributed by atoms with Gasteiger partial charge in [-0.2, -0.15) is 4.31 Å². The topological polar surface area (TPSA) is 69.7 Å². The van der Waals surface area contributed by atoms with Crippen LogP contribution < -0.4 is 5.32 Å². The number of nitrogens with zero attached hydrogens (tertiary/aromatic N) is 2. The van der Waals surface area contributed by atoms with E-state index < -0.39 is 15.9 Å². The maximum Gasteiger partial charge on any atom is 0.243 e. The number of carbonyl (C=O) groups excluding carboxylic acids is 1. The summed E-state index contributed by atoms with van der Waals surface area (Å²) in [5.41, 5.74) is 0.724. The van der Waals surface area contributed by atoms with Crippen LogP contribution in [0.4, 0.5) is 4.39 Å². The number of fused-ring (bicyclic) bond motifs is 1. The smallest absolute Gasteiger partial charge is 0.243 e. The van der Waals surface area contributed by atoms with Gasteiger partial charge >= 0.3 is 0 Å². The van der Waals surface area contributed by atoms with Crippen LogP contribution in [0.2, 0.25) is 0 Å². The molecule has 0 aliphatic heterocycles. The fourth-order valence-corrected chi connectivity index (χ4v) is 4.54. The van der Waals surface area contributed by atoms with Crippen LogP contribution in [-0.4, -0.2) is 57.8 Å². The maximum atomic E-state index is 13.6. The fourth-order valence-electron chi connectivity index (χ4n) is 3.37. The van der Waals surface area contributed by atoms with Gasteiger partial charge in [0.2, 0.25) is 15.9 Å². The number of benzene rings is 3. The Kier molecular flexibility index (Phi) is 7.04. The molecule has 0 saturated heterocycles. The van der Waals surface area contributed by atoms with E-state index in [9.17, 15) is 17.6 Å². The molecule has 0 unspecified atom stereocenters. The third-order valence-corrected chi connectivity index (χ3v) is 6.94. The van der Waals surface area contributed by atoms with Crippen LogP contribution in [0.25, 0.3) is 10.8 Å². The molecule has 0 fully saturated rings. The highest BCUT2D eigenvalue weighted by molar-refractivity contribution is 7.89. The van der Waals surface area contributed by atoms with Gasteiger partial charge in [-0.05, 0) is 54.7 Å². The summed E-state index contributed by atoms with van der Waals surface area (Å²) in [6, 6.07) is 18.3. The van der Waals surface area contributed by atoms with Crippen LogP contribution in [0.1, 0.15) is 11.6 Å². The van der Waals surface area contributed by atoms with Gasteiger partial charge in [0.15, 0.2) is 0 Å². The van der Waals surface area contributed by atoms with Crippen LogP contribution >= 0.6 is 0 Å². The summed E-state index contributed by atoms with van der Waals surface area (Å²) in [5, 5.41) is 4.51. The van der Waals surface area contributed by atoms with E-state index in [1.807, 2.05) is 43.3 Å². The van der Waals surface area contributed by atoms with Gasteiger partial charge in [0.05, 0.1) is 17.5 Å². The van der Waals surface area contributed by atoms with Gasteiger partial charge in [0, 0.05) is 13.6 Å². The first-order valence-electron chi connectivity index (χ1n) is 9.82. The molecule has 0 spiro atoms. The third-order valence-electron chi connectivity index (χ3n) is 5.14. The molecule has 0 radical (unpaired) electrons. The standard InChI is InChI=1S/C23H26FN3O3S/c1-26(2)22(19-9-6-10-20(24)13-19)15-25-23(28)16-27(3)31(29,30)21-12-11-17-7-4-5-8-18(17)14-21/h4-14,22H,15-16H2,1-3H3,(H,25,28)/t22-/m1/s1. The van der Waals surface area contributed by atoms with Crippen molar-refractivity contribution in [3.8, 4) is 0 Å². The average molecular weight is 444 g/mol. The Labute approximate surface area is 182 Å². The lowest BCUT2D eigenvalue weighted by Crippen LogP contribution is -2.41. The van der Waals surface area contributed by atoms with E-state index in [4.69, 9.17) is 0 Å². The van der Waals surface area contributed by atoms with Crippen LogP contribution in [0, 0.1) is 5.82 Å². The lowest BCUT2D eigenvalue weighted by atomic mass is 10.1. The first kappa shape index (κ1) is 22.9. The Bertz CT molecular complexity index is 1180. The number of amides is 1. The molecular weight excluding hydrogens is 417 g/mol. The zero-order valence-corrected chi connectivity index (χ0v) is 18.6. The summed E-state index contributed by atoms with van der Waals surface area (Å²) in [6.45, 7) is -0.0996. The SMILES string of the molecule is CN(C)[C@H](CNC(=O)CN(C)S(=O)(=O)c1ccc2ccccc2c1)c1cccc(F)c1. The molecule has 0 saturated carbocycles. The van der Waals surface area contributed by atoms with Crippen molar-refractivity contribution in [1.82, 2.24) is 14.5 Å². The molecular formula is C23H26FN3O3S. The van der Waals surface area contributed by atoms with E-state index in [1.54, 1.807) is 24.3 Å². The summed E-state index contributed by atoms with van der Waals surface area (Å²) >= 11 is 0. The van der Waals surface area contributed by atoms with Crippen molar-refractivity contribution in [1.29, 1.82) is 0 Å². The number of likely N-dealkylation sites (N-methyl/N-ethyl adjacent to an activating group) is 2. The molecule has 164 valence electrons. The van der Waals surface area contributed by atoms with Crippen molar-refractivity contribution in [3.63, 3.8) is 0 Å². The van der Waals surface area contributed by atoms with Gasteiger partial charge < -0.3 is 10.2 Å². The summed E-state index contributed by atoms with van der Waals surface area (Å²) in [6.07, 6.45) is 0. The second-order valence-corrected chi connectivity index (χ2v) is 9.65. The number of sulfonamides is 1. The van der Waals surface area contributed by atoms with E-state index >= 15 is 0 Å². The number of rotatable bonds is 8. The molecule has 3 aromatic carbocycles. The number of halogens is 1. The van der Waals surface area contributed by atoms with E-state index in [-0.39, 0.29) is 29.8 Å². The van der Waals surface area contributed by atoms with Crippen molar-refractivity contribution in [2.45, 2.75) is 10.9 Å². The zero-order chi connectivity index (χ0) is 22.6. The molecule has 3 rings (SSSR count). The maximum absolute atomic E-state index is 13.6. The Hall–Kier alpha value is -2.81. The Morgan fingerprint density at radius 1 is 0.968 bits per heavy atom. The molecule has 0 aliphatic carbocycles. The van der Waals surface area contributed by atoms with E-state index in [0.29, 0.717) is 0 Å². The number of hydrogen-bond donors (Lipinski definition) is 1. The monoisotopic (exact) mass is 443 g/mol. The minimum atomic E-state index is -3.83. The normalized spacial score (nSPS) is 13.0. The average Bonchev–Trinajstić information content (AvgIpc) is 2.73. The Morgan fingerprint density at radius 2 is 1.68 bits per heavy atom. The molecule has 1 N–H and O–H groups in total. The van der Waals surface area contributed by atoms with Crippen molar-refractivity contribution in [3.05, 3.63) is 78.1 Å². The van der Waals surface area contributed by atoms with Crippen molar-refractivity contribution < 1.29 is 17.6 Å². The van der Waals surface area contributed by atoms with E-state index in [0.717, 1.165) is 20.6 Å². The highest BCUT2D eigenvalue weighted by Gasteiger charge is 2.24. The van der Waals surface area contributed by atoms with Crippen LogP contribution in [0.3, 0.4) is 0 Å². The van der Waals surface area contributed by atoms with Gasteiger partial charge in [-0.25, -0.2) is 12.8 Å². The summed E-state index contributed by atoms with van der Waals surface area (Å²) in [4.78, 5) is 14.5. The largest absolute Gasteiger partial charge is 0.353 e. The molecule has 1 amide bonds. The molecule has 6 nitrogen and oxygen atoms in total. The molecule has 8 heteroatoms. The number of carbonyl (C=O) groups is 1. The van der Waals surface area contributed by atoms with Crippen molar-refractivity contribution in [2.24, 2.45) is 0 Å². The molecule has 0 aromatic heterocycles. The minimum Gasteiger partial charge on any atom is -0.353 e. The Morgan fingerprint density at radius 3 is 2.35 bits per heavy atom. The Balaban J connectivity index is 1.67. The molecule has 3 aromatic rings. The van der Waals surface area contributed by atoms with Crippen LogP contribution in [0.15, 0.2) is 71.6 Å². The lowest BCUT2D eigenvalue weighted by molar-refractivity contribution is -0.121. The predicted molar refractivity (Wildman–Crippen MR) is 120 cm³/mol. The summed E-state index contributed by atoms with van der Waals surface area (Å²) in [7, 11) is 1.21. The zero-order valence-electron chi connectivity index (χ0n) is 17.7. The van der Waals surface area contributed by atoms with Crippen molar-refractivity contribution in [2.75, 3.05) is 34.2 Å². The van der Waals surface area contributed by atoms with Crippen LogP contribution in [0.5, 0.6) is 0 Å². The highest BCUT2D eigenvalue weighted by Crippen LogP contribution is 2.21. The second kappa shape index (κ2) is 9.55. The lowest BCUT2D eigenvalue weighted by Gasteiger charge is -2.25. The van der Waals surface area contributed by atoms with E-state index in [2.05, 4.69) is 5.32 Å². The van der Waals surface area contributed by atoms with Crippen molar-refractivity contribution >= 4 is 26.7 Å². The predicted octanol–water partition coefficient (Wildman–Crippen LogP) is 3.02. The quantitative estimate of drug-likeness (QED) is 0.581. The minimum absolute atomic E-state index is 0.132. The van der Waals surface area contributed by atoms with Gasteiger partial charge in [-0.1, -0.05) is 42.5 Å². The summed E-state index contributed by atoms with van der Waals surface area (Å²) in [5.74, 6) is -0.785. The number of hydrogen-bond acceptors (Lipinski definition) is 4. The van der Waals surface area contributed by atoms with Gasteiger partial charge in [-0.3, -0.25) is 4.79 Å². The first-order valence-corrected chi connectivity index (χ1v) is 11.3. The highest BCUT2D eigenvalue weighted by atomic mass is 32.2. The second-order valence-electron chi connectivity index (χ2n) is 7.61. The molecule has 31 heavy (non-hydrogen) atoms. The van der Waals surface area contributed by atoms with E-state index in [1.165, 1.54) is 25.2 Å². The van der Waals surface area contributed by atoms with Gasteiger partial charge in [0.25, 0.3) is 0 Å². The fraction of sp³-hybridized carbons (Fsp3) is 0.261. The third kappa shape index (κ3) is 5.46. The summed E-state index contributed by atoms with van der Waals surface area (Å²) < 4.78 is 40.4. The first-order chi connectivity index (χ1) is 14.7. The number of nitrogens with one attached hydrogen (secondary N) is 1. The molecule has 0 bridgehead atoms. The van der Waals surface area contributed by atoms with Crippen LogP contribution in [-0.2, 0) is 14.8 Å². The molecule has 0 heterocycles. The molecule has 1 atom stereocenters. The molecule has 0 aliphatic rings. The van der Waals surface area contributed by atoms with Gasteiger partial charge in [-0.15, -0.1) is 0 Å². The van der Waals surface area contributed by atoms with Gasteiger partial charge in [0.1, 0.15) is 5.82 Å².